The molecule has 2 atom stereocenters. The van der Waals surface area contributed by atoms with Crippen molar-refractivity contribution in [2.24, 2.45) is 0 Å². The van der Waals surface area contributed by atoms with Gasteiger partial charge in [-0.25, -0.2) is 14.2 Å². The van der Waals surface area contributed by atoms with E-state index in [4.69, 9.17) is 10.5 Å². The molecule has 0 aliphatic heterocycles. The summed E-state index contributed by atoms with van der Waals surface area (Å²) in [6, 6.07) is 4.14. The summed E-state index contributed by atoms with van der Waals surface area (Å²) < 4.78 is 19.6. The fraction of sp³-hybridized carbons (Fsp3) is 0.450. The van der Waals surface area contributed by atoms with Crippen LogP contribution in [-0.4, -0.2) is 32.7 Å². The maximum absolute atomic E-state index is 14.4. The van der Waals surface area contributed by atoms with E-state index in [9.17, 15) is 14.3 Å². The lowest BCUT2D eigenvalue weighted by molar-refractivity contribution is 0.00647. The number of benzene rings is 1. The van der Waals surface area contributed by atoms with Crippen molar-refractivity contribution in [3.05, 3.63) is 41.5 Å². The van der Waals surface area contributed by atoms with Gasteiger partial charge in [0.25, 0.3) is 0 Å². The SMILES string of the molecule is CC(C)(C)OC(=O)c1ccc(-c2ncc([C@@H]3CC[C@@H](O)C3)nc2N)cc1F. The van der Waals surface area contributed by atoms with Crippen molar-refractivity contribution in [1.29, 1.82) is 0 Å². The quantitative estimate of drug-likeness (QED) is 0.800. The number of rotatable bonds is 3. The van der Waals surface area contributed by atoms with E-state index in [1.807, 2.05) is 0 Å². The average Bonchev–Trinajstić information content (AvgIpc) is 2.99. The number of carbonyl (C=O) groups is 1. The van der Waals surface area contributed by atoms with Crippen molar-refractivity contribution in [1.82, 2.24) is 9.97 Å². The summed E-state index contributed by atoms with van der Waals surface area (Å²) in [5.41, 5.74) is 6.71. The Morgan fingerprint density at radius 1 is 1.33 bits per heavy atom. The zero-order valence-corrected chi connectivity index (χ0v) is 15.7. The number of aliphatic hydroxyl groups is 1. The molecular formula is C20H24FN3O3. The lowest BCUT2D eigenvalue weighted by Gasteiger charge is -2.19. The summed E-state index contributed by atoms with van der Waals surface area (Å²) in [5.74, 6) is -1.10. The highest BCUT2D eigenvalue weighted by molar-refractivity contribution is 5.90. The van der Waals surface area contributed by atoms with Gasteiger partial charge in [-0.1, -0.05) is 6.07 Å². The van der Waals surface area contributed by atoms with Crippen LogP contribution >= 0.6 is 0 Å². The van der Waals surface area contributed by atoms with Crippen molar-refractivity contribution in [2.75, 3.05) is 5.73 Å². The van der Waals surface area contributed by atoms with Crippen LogP contribution in [0.3, 0.4) is 0 Å². The van der Waals surface area contributed by atoms with Gasteiger partial charge in [0.05, 0.1) is 17.4 Å². The Labute approximate surface area is 157 Å². The standard InChI is InChI=1S/C20H24FN3O3/c1-20(2,3)27-19(26)14-7-5-12(9-15(14)21)17-18(22)24-16(10-23-17)11-4-6-13(25)8-11/h5,7,9-11,13,25H,4,6,8H2,1-3H3,(H2,22,24)/t11-,13-/m1/s1. The van der Waals surface area contributed by atoms with E-state index >= 15 is 0 Å². The molecule has 2 aromatic rings. The normalized spacial score (nSPS) is 19.9. The predicted octanol–water partition coefficient (Wildman–Crippen LogP) is 3.45. The van der Waals surface area contributed by atoms with Gasteiger partial charge in [0.2, 0.25) is 0 Å². The van der Waals surface area contributed by atoms with Crippen LogP contribution in [-0.2, 0) is 4.74 Å². The minimum absolute atomic E-state index is 0.134. The zero-order valence-electron chi connectivity index (χ0n) is 15.7. The van der Waals surface area contributed by atoms with Crippen LogP contribution in [0.2, 0.25) is 0 Å². The highest BCUT2D eigenvalue weighted by Gasteiger charge is 2.26. The fourth-order valence-electron chi connectivity index (χ4n) is 3.22. The van der Waals surface area contributed by atoms with Gasteiger partial charge >= 0.3 is 5.97 Å². The molecule has 1 fully saturated rings. The van der Waals surface area contributed by atoms with Gasteiger partial charge in [-0.15, -0.1) is 0 Å². The third-order valence-corrected chi connectivity index (χ3v) is 4.50. The number of esters is 1. The van der Waals surface area contributed by atoms with Crippen LogP contribution in [0.25, 0.3) is 11.3 Å². The summed E-state index contributed by atoms with van der Waals surface area (Å²) in [5, 5.41) is 9.68. The fourth-order valence-corrected chi connectivity index (χ4v) is 3.22. The van der Waals surface area contributed by atoms with E-state index in [1.165, 1.54) is 12.1 Å². The van der Waals surface area contributed by atoms with Crippen LogP contribution in [0, 0.1) is 5.82 Å². The number of carbonyl (C=O) groups excluding carboxylic acids is 1. The summed E-state index contributed by atoms with van der Waals surface area (Å²) in [6.07, 6.45) is 3.53. The molecule has 1 saturated carbocycles. The molecular weight excluding hydrogens is 349 g/mol. The molecule has 1 aliphatic carbocycles. The van der Waals surface area contributed by atoms with Crippen LogP contribution in [0.4, 0.5) is 10.2 Å². The zero-order chi connectivity index (χ0) is 19.8. The van der Waals surface area contributed by atoms with E-state index < -0.39 is 17.4 Å². The molecule has 0 amide bonds. The molecule has 1 aromatic heterocycles. The summed E-state index contributed by atoms with van der Waals surface area (Å²) in [7, 11) is 0. The first kappa shape index (κ1) is 19.2. The van der Waals surface area contributed by atoms with Crippen molar-refractivity contribution in [2.45, 2.75) is 57.7 Å². The molecule has 3 N–H and O–H groups in total. The van der Waals surface area contributed by atoms with Gasteiger partial charge < -0.3 is 15.6 Å². The van der Waals surface area contributed by atoms with Crippen molar-refractivity contribution >= 4 is 11.8 Å². The largest absolute Gasteiger partial charge is 0.456 e. The topological polar surface area (TPSA) is 98.3 Å². The average molecular weight is 373 g/mol. The predicted molar refractivity (Wildman–Crippen MR) is 99.6 cm³/mol. The number of hydrogen-bond donors (Lipinski definition) is 2. The molecule has 1 heterocycles. The number of nitrogens with two attached hydrogens (primary N) is 1. The van der Waals surface area contributed by atoms with Crippen LogP contribution < -0.4 is 5.73 Å². The highest BCUT2D eigenvalue weighted by atomic mass is 19.1. The maximum atomic E-state index is 14.4. The smallest absolute Gasteiger partial charge is 0.341 e. The Morgan fingerprint density at radius 2 is 2.07 bits per heavy atom. The van der Waals surface area contributed by atoms with E-state index in [0.29, 0.717) is 17.7 Å². The molecule has 3 rings (SSSR count). The van der Waals surface area contributed by atoms with Crippen molar-refractivity contribution in [3.63, 3.8) is 0 Å². The molecule has 0 radical (unpaired) electrons. The first-order valence-corrected chi connectivity index (χ1v) is 8.98. The third-order valence-electron chi connectivity index (χ3n) is 4.50. The number of nitrogens with zero attached hydrogens (tertiary/aromatic N) is 2. The van der Waals surface area contributed by atoms with Gasteiger partial charge in [-0.3, -0.25) is 4.98 Å². The first-order valence-electron chi connectivity index (χ1n) is 8.98. The number of hydrogen-bond acceptors (Lipinski definition) is 6. The molecule has 1 aliphatic rings. The molecule has 7 heteroatoms. The second kappa shape index (κ2) is 7.23. The van der Waals surface area contributed by atoms with Gasteiger partial charge in [-0.2, -0.15) is 0 Å². The van der Waals surface area contributed by atoms with Gasteiger partial charge in [0.1, 0.15) is 22.9 Å². The second-order valence-corrected chi connectivity index (χ2v) is 7.89. The monoisotopic (exact) mass is 373 g/mol. The van der Waals surface area contributed by atoms with E-state index in [2.05, 4.69) is 9.97 Å². The Kier molecular flexibility index (Phi) is 5.15. The van der Waals surface area contributed by atoms with Crippen LogP contribution in [0.5, 0.6) is 0 Å². The summed E-state index contributed by atoms with van der Waals surface area (Å²) >= 11 is 0. The van der Waals surface area contributed by atoms with Crippen molar-refractivity contribution in [3.8, 4) is 11.3 Å². The molecule has 1 aromatic carbocycles. The molecule has 27 heavy (non-hydrogen) atoms. The van der Waals surface area contributed by atoms with Crippen LogP contribution in [0.15, 0.2) is 24.4 Å². The highest BCUT2D eigenvalue weighted by Crippen LogP contribution is 2.34. The molecule has 144 valence electrons. The Morgan fingerprint density at radius 3 is 2.63 bits per heavy atom. The second-order valence-electron chi connectivity index (χ2n) is 7.89. The molecule has 0 bridgehead atoms. The van der Waals surface area contributed by atoms with E-state index in [1.54, 1.807) is 33.0 Å². The molecule has 0 saturated heterocycles. The number of aliphatic hydroxyl groups excluding tert-OH is 1. The summed E-state index contributed by atoms with van der Waals surface area (Å²) in [6.45, 7) is 5.16. The summed E-state index contributed by atoms with van der Waals surface area (Å²) in [4.78, 5) is 20.8. The van der Waals surface area contributed by atoms with E-state index in [-0.39, 0.29) is 23.4 Å². The Hall–Kier alpha value is -2.54. The van der Waals surface area contributed by atoms with Gasteiger partial charge in [0, 0.05) is 17.7 Å². The Balaban J connectivity index is 1.84. The number of anilines is 1. The van der Waals surface area contributed by atoms with Gasteiger partial charge in [0.15, 0.2) is 0 Å². The number of ether oxygens (including phenoxy) is 1. The minimum Gasteiger partial charge on any atom is -0.456 e. The number of halogens is 1. The first-order chi connectivity index (χ1) is 12.6. The number of aromatic nitrogens is 2. The molecule has 0 spiro atoms. The molecule has 6 nitrogen and oxygen atoms in total. The van der Waals surface area contributed by atoms with E-state index in [0.717, 1.165) is 18.5 Å². The van der Waals surface area contributed by atoms with Crippen LogP contribution in [0.1, 0.15) is 62.0 Å². The third kappa shape index (κ3) is 4.42. The van der Waals surface area contributed by atoms with Gasteiger partial charge in [-0.05, 0) is 52.2 Å². The number of nitrogen functional groups attached to an aromatic ring is 1. The lowest BCUT2D eigenvalue weighted by atomic mass is 10.0. The Bertz CT molecular complexity index is 864. The maximum Gasteiger partial charge on any atom is 0.341 e. The minimum atomic E-state index is -0.722. The lowest BCUT2D eigenvalue weighted by Crippen LogP contribution is -2.24. The molecule has 0 unspecified atom stereocenters. The van der Waals surface area contributed by atoms with Crippen molar-refractivity contribution < 1.29 is 19.0 Å².